The summed E-state index contributed by atoms with van der Waals surface area (Å²) in [6, 6.07) is 0. The summed E-state index contributed by atoms with van der Waals surface area (Å²) >= 11 is 0. The van der Waals surface area contributed by atoms with Gasteiger partial charge in [-0.05, 0) is 25.8 Å². The standard InChI is InChI=1S/C12H25N3O3S/c1-4-12(6-5-7-13-10-12)11(16)14-8-9-19(17,18)15(2)3/h13H,4-10H2,1-3H3,(H,14,16). The SMILES string of the molecule is CCC1(C(=O)NCCS(=O)(=O)N(C)C)CCCNC1. The molecule has 0 saturated carbocycles. The third-order valence-electron chi connectivity index (χ3n) is 3.83. The molecule has 0 aromatic rings. The van der Waals surface area contributed by atoms with E-state index in [1.807, 2.05) is 6.92 Å². The molecule has 0 aliphatic carbocycles. The fourth-order valence-electron chi connectivity index (χ4n) is 2.29. The molecule has 0 aromatic carbocycles. The Balaban J connectivity index is 2.50. The van der Waals surface area contributed by atoms with Gasteiger partial charge in [-0.15, -0.1) is 0 Å². The molecule has 112 valence electrons. The molecule has 1 rings (SSSR count). The minimum atomic E-state index is -3.25. The molecular weight excluding hydrogens is 266 g/mol. The molecule has 1 amide bonds. The first kappa shape index (κ1) is 16.4. The second-order valence-electron chi connectivity index (χ2n) is 5.27. The lowest BCUT2D eigenvalue weighted by Crippen LogP contribution is -2.51. The van der Waals surface area contributed by atoms with Crippen molar-refractivity contribution >= 4 is 15.9 Å². The number of nitrogens with zero attached hydrogens (tertiary/aromatic N) is 1. The molecule has 1 aliphatic rings. The van der Waals surface area contributed by atoms with E-state index < -0.39 is 10.0 Å². The van der Waals surface area contributed by atoms with Crippen LogP contribution >= 0.6 is 0 Å². The minimum absolute atomic E-state index is 0.0313. The van der Waals surface area contributed by atoms with Crippen LogP contribution in [0.25, 0.3) is 0 Å². The molecule has 19 heavy (non-hydrogen) atoms. The Labute approximate surface area is 116 Å². The molecule has 6 nitrogen and oxygen atoms in total. The number of hydrogen-bond acceptors (Lipinski definition) is 4. The van der Waals surface area contributed by atoms with Crippen LogP contribution in [0.15, 0.2) is 0 Å². The first-order chi connectivity index (χ1) is 8.84. The van der Waals surface area contributed by atoms with Gasteiger partial charge in [0.1, 0.15) is 0 Å². The minimum Gasteiger partial charge on any atom is -0.355 e. The predicted octanol–water partition coefficient (Wildman–Crippen LogP) is -0.226. The molecule has 0 aromatic heterocycles. The van der Waals surface area contributed by atoms with Crippen molar-refractivity contribution in [2.75, 3.05) is 39.5 Å². The number of sulfonamides is 1. The third kappa shape index (κ3) is 4.15. The van der Waals surface area contributed by atoms with E-state index in [9.17, 15) is 13.2 Å². The van der Waals surface area contributed by atoms with E-state index in [2.05, 4.69) is 10.6 Å². The maximum absolute atomic E-state index is 12.2. The van der Waals surface area contributed by atoms with Crippen molar-refractivity contribution in [3.05, 3.63) is 0 Å². The first-order valence-corrected chi connectivity index (χ1v) is 8.34. The summed E-state index contributed by atoms with van der Waals surface area (Å²) in [4.78, 5) is 12.2. The zero-order valence-electron chi connectivity index (χ0n) is 12.0. The van der Waals surface area contributed by atoms with Gasteiger partial charge in [0.15, 0.2) is 0 Å². The Morgan fingerprint density at radius 2 is 2.11 bits per heavy atom. The Kier molecular flexibility index (Phi) is 5.76. The van der Waals surface area contributed by atoms with Crippen molar-refractivity contribution in [3.8, 4) is 0 Å². The van der Waals surface area contributed by atoms with Crippen molar-refractivity contribution in [2.45, 2.75) is 26.2 Å². The van der Waals surface area contributed by atoms with E-state index in [1.165, 1.54) is 18.4 Å². The van der Waals surface area contributed by atoms with Gasteiger partial charge in [0.05, 0.1) is 11.2 Å². The van der Waals surface area contributed by atoms with E-state index in [0.29, 0.717) is 6.54 Å². The van der Waals surface area contributed by atoms with E-state index >= 15 is 0 Å². The average molecular weight is 291 g/mol. The molecule has 0 spiro atoms. The van der Waals surface area contributed by atoms with Gasteiger partial charge in [0.25, 0.3) is 0 Å². The third-order valence-corrected chi connectivity index (χ3v) is 5.67. The Morgan fingerprint density at radius 1 is 1.42 bits per heavy atom. The molecule has 0 radical (unpaired) electrons. The largest absolute Gasteiger partial charge is 0.355 e. The zero-order valence-corrected chi connectivity index (χ0v) is 12.8. The van der Waals surface area contributed by atoms with Crippen LogP contribution in [0.1, 0.15) is 26.2 Å². The van der Waals surface area contributed by atoms with Gasteiger partial charge < -0.3 is 10.6 Å². The summed E-state index contributed by atoms with van der Waals surface area (Å²) in [6.45, 7) is 3.80. The second-order valence-corrected chi connectivity index (χ2v) is 7.57. The van der Waals surface area contributed by atoms with Gasteiger partial charge in [-0.2, -0.15) is 0 Å². The highest BCUT2D eigenvalue weighted by molar-refractivity contribution is 7.89. The highest BCUT2D eigenvalue weighted by atomic mass is 32.2. The monoisotopic (exact) mass is 291 g/mol. The highest BCUT2D eigenvalue weighted by Crippen LogP contribution is 2.30. The second kappa shape index (κ2) is 6.67. The van der Waals surface area contributed by atoms with Crippen LogP contribution < -0.4 is 10.6 Å². The number of amides is 1. The first-order valence-electron chi connectivity index (χ1n) is 6.73. The Morgan fingerprint density at radius 3 is 2.58 bits per heavy atom. The predicted molar refractivity (Wildman–Crippen MR) is 75.3 cm³/mol. The summed E-state index contributed by atoms with van der Waals surface area (Å²) in [6.07, 6.45) is 2.62. The summed E-state index contributed by atoms with van der Waals surface area (Å²) in [5, 5.41) is 6.02. The lowest BCUT2D eigenvalue weighted by molar-refractivity contribution is -0.132. The quantitative estimate of drug-likeness (QED) is 0.709. The Hall–Kier alpha value is -0.660. The van der Waals surface area contributed by atoms with E-state index in [1.54, 1.807) is 0 Å². The van der Waals surface area contributed by atoms with Crippen LogP contribution in [0.4, 0.5) is 0 Å². The molecule has 1 atom stereocenters. The van der Waals surface area contributed by atoms with Crippen molar-refractivity contribution in [1.82, 2.24) is 14.9 Å². The van der Waals surface area contributed by atoms with Crippen LogP contribution in [-0.2, 0) is 14.8 Å². The molecule has 1 saturated heterocycles. The fraction of sp³-hybridized carbons (Fsp3) is 0.917. The number of rotatable bonds is 6. The number of carbonyl (C=O) groups excluding carboxylic acids is 1. The molecule has 1 aliphatic heterocycles. The smallest absolute Gasteiger partial charge is 0.227 e. The van der Waals surface area contributed by atoms with Crippen molar-refractivity contribution < 1.29 is 13.2 Å². The summed E-state index contributed by atoms with van der Waals surface area (Å²) in [5.41, 5.74) is -0.375. The highest BCUT2D eigenvalue weighted by Gasteiger charge is 2.37. The van der Waals surface area contributed by atoms with Gasteiger partial charge >= 0.3 is 0 Å². The van der Waals surface area contributed by atoms with Crippen molar-refractivity contribution in [2.24, 2.45) is 5.41 Å². The average Bonchev–Trinajstić information content (AvgIpc) is 2.39. The summed E-state index contributed by atoms with van der Waals surface area (Å²) in [5.74, 6) is -0.0879. The van der Waals surface area contributed by atoms with Gasteiger partial charge in [-0.25, -0.2) is 12.7 Å². The summed E-state index contributed by atoms with van der Waals surface area (Å²) < 4.78 is 24.4. The molecule has 7 heteroatoms. The molecular formula is C12H25N3O3S. The van der Waals surface area contributed by atoms with Crippen LogP contribution in [0, 0.1) is 5.41 Å². The Bertz CT molecular complexity index is 400. The number of carbonyl (C=O) groups is 1. The summed E-state index contributed by atoms with van der Waals surface area (Å²) in [7, 11) is -0.257. The van der Waals surface area contributed by atoms with Crippen LogP contribution in [-0.4, -0.2) is 58.1 Å². The van der Waals surface area contributed by atoms with Crippen LogP contribution in [0.5, 0.6) is 0 Å². The van der Waals surface area contributed by atoms with E-state index in [-0.39, 0.29) is 23.6 Å². The van der Waals surface area contributed by atoms with E-state index in [0.717, 1.165) is 25.8 Å². The van der Waals surface area contributed by atoms with Crippen molar-refractivity contribution in [1.29, 1.82) is 0 Å². The van der Waals surface area contributed by atoms with Crippen LogP contribution in [0.2, 0.25) is 0 Å². The maximum Gasteiger partial charge on any atom is 0.227 e. The molecule has 2 N–H and O–H groups in total. The fourth-order valence-corrected chi connectivity index (χ4v) is 3.01. The number of nitrogens with one attached hydrogen (secondary N) is 2. The topological polar surface area (TPSA) is 78.5 Å². The van der Waals surface area contributed by atoms with Crippen LogP contribution in [0.3, 0.4) is 0 Å². The lowest BCUT2D eigenvalue weighted by Gasteiger charge is -2.35. The van der Waals surface area contributed by atoms with Gasteiger partial charge in [0, 0.05) is 27.2 Å². The maximum atomic E-state index is 12.2. The molecule has 1 fully saturated rings. The molecule has 1 unspecified atom stereocenters. The number of hydrogen-bond donors (Lipinski definition) is 2. The normalized spacial score (nSPS) is 24.4. The number of piperidine rings is 1. The van der Waals surface area contributed by atoms with E-state index in [4.69, 9.17) is 0 Å². The zero-order chi connectivity index (χ0) is 14.5. The van der Waals surface area contributed by atoms with Gasteiger partial charge in [0.2, 0.25) is 15.9 Å². The molecule has 1 heterocycles. The van der Waals surface area contributed by atoms with Crippen molar-refractivity contribution in [3.63, 3.8) is 0 Å². The van der Waals surface area contributed by atoms with Gasteiger partial charge in [-0.1, -0.05) is 6.92 Å². The lowest BCUT2D eigenvalue weighted by atomic mass is 9.77. The molecule has 0 bridgehead atoms. The van der Waals surface area contributed by atoms with Gasteiger partial charge in [-0.3, -0.25) is 4.79 Å².